The van der Waals surface area contributed by atoms with Crippen molar-refractivity contribution in [3.63, 3.8) is 0 Å². The third kappa shape index (κ3) is 6.95. The van der Waals surface area contributed by atoms with E-state index < -0.39 is 18.1 Å². The summed E-state index contributed by atoms with van der Waals surface area (Å²) in [6.07, 6.45) is 0. The first kappa shape index (κ1) is 31.8. The summed E-state index contributed by atoms with van der Waals surface area (Å²) in [4.78, 5) is 39.7. The maximum Gasteiger partial charge on any atom is 0.328 e. The van der Waals surface area contributed by atoms with Crippen molar-refractivity contribution in [2.75, 3.05) is 36.2 Å². The predicted octanol–water partition coefficient (Wildman–Crippen LogP) is 5.67. The predicted molar refractivity (Wildman–Crippen MR) is 164 cm³/mol. The fraction of sp³-hybridized carbons (Fsp3) is 0.429. The Labute approximate surface area is 256 Å². The maximum absolute atomic E-state index is 12.1. The molecule has 2 atom stereocenters. The molecular weight excluding hydrogens is 668 g/mol. The first-order chi connectivity index (χ1) is 18.9. The van der Waals surface area contributed by atoms with Crippen LogP contribution in [-0.4, -0.2) is 61.3 Å². The molecule has 2 heterocycles. The third-order valence-corrected chi connectivity index (χ3v) is 8.29. The molecule has 0 saturated carbocycles. The number of esters is 2. The number of carbonyl (C=O) groups is 3. The van der Waals surface area contributed by atoms with E-state index in [1.165, 1.54) is 4.90 Å². The number of thiocarbonyl (C=S) groups is 1. The molecular formula is C28H32Br2N2O7S. The molecule has 0 fully saturated rings. The van der Waals surface area contributed by atoms with Crippen LogP contribution < -0.4 is 19.3 Å². The van der Waals surface area contributed by atoms with Crippen LogP contribution in [0, 0.1) is 13.8 Å². The van der Waals surface area contributed by atoms with Gasteiger partial charge in [-0.15, -0.1) is 0 Å². The van der Waals surface area contributed by atoms with Gasteiger partial charge in [0.1, 0.15) is 35.2 Å². The molecule has 0 aromatic heterocycles. The van der Waals surface area contributed by atoms with E-state index >= 15 is 0 Å². The molecule has 2 aromatic rings. The van der Waals surface area contributed by atoms with Crippen molar-refractivity contribution in [2.24, 2.45) is 0 Å². The second kappa shape index (κ2) is 13.8. The van der Waals surface area contributed by atoms with Crippen molar-refractivity contribution in [3.8, 4) is 11.5 Å². The summed E-state index contributed by atoms with van der Waals surface area (Å²) in [6, 6.07) is 6.34. The van der Waals surface area contributed by atoms with Crippen LogP contribution in [0.4, 0.5) is 11.4 Å². The van der Waals surface area contributed by atoms with Crippen LogP contribution in [0.15, 0.2) is 33.2 Å². The molecule has 2 aromatic carbocycles. The Hall–Kier alpha value is -2.70. The fourth-order valence-electron chi connectivity index (χ4n) is 4.17. The number of benzene rings is 2. The quantitative estimate of drug-likeness (QED) is 0.279. The van der Waals surface area contributed by atoms with E-state index in [0.717, 1.165) is 31.5 Å². The minimum absolute atomic E-state index is 0.0716. The Kier molecular flexibility index (Phi) is 11.0. The lowest BCUT2D eigenvalue weighted by atomic mass is 10.1. The number of hydrogen-bond donors (Lipinski definition) is 0. The lowest BCUT2D eigenvalue weighted by molar-refractivity contribution is -0.146. The van der Waals surface area contributed by atoms with E-state index in [1.54, 1.807) is 38.7 Å². The minimum atomic E-state index is -0.681. The smallest absolute Gasteiger partial charge is 0.328 e. The first-order valence-electron chi connectivity index (χ1n) is 12.7. The molecule has 40 heavy (non-hydrogen) atoms. The topological polar surface area (TPSA) is 94.6 Å². The van der Waals surface area contributed by atoms with Crippen LogP contribution in [0.1, 0.15) is 38.8 Å². The molecule has 12 heteroatoms. The van der Waals surface area contributed by atoms with E-state index in [4.69, 9.17) is 31.2 Å². The van der Waals surface area contributed by atoms with Gasteiger partial charge in [-0.2, -0.15) is 0 Å². The molecule has 0 radical (unpaired) electrons. The highest BCUT2D eigenvalue weighted by Crippen LogP contribution is 2.39. The highest BCUT2D eigenvalue weighted by Gasteiger charge is 2.34. The number of halogens is 2. The molecule has 2 aliphatic rings. The summed E-state index contributed by atoms with van der Waals surface area (Å²) in [7, 11) is 0. The molecule has 4 rings (SSSR count). The average Bonchev–Trinajstić information content (AvgIpc) is 2.90. The van der Waals surface area contributed by atoms with Gasteiger partial charge in [0, 0.05) is 8.95 Å². The zero-order valence-electron chi connectivity index (χ0n) is 23.2. The number of anilines is 2. The summed E-state index contributed by atoms with van der Waals surface area (Å²) < 4.78 is 22.9. The van der Waals surface area contributed by atoms with Gasteiger partial charge in [-0.3, -0.25) is 9.69 Å². The fourth-order valence-corrected chi connectivity index (χ4v) is 5.15. The Morgan fingerprint density at radius 1 is 0.850 bits per heavy atom. The molecule has 2 aliphatic heterocycles. The van der Waals surface area contributed by atoms with Gasteiger partial charge in [0.2, 0.25) is 0 Å². The van der Waals surface area contributed by atoms with E-state index in [1.807, 2.05) is 32.0 Å². The van der Waals surface area contributed by atoms with Gasteiger partial charge < -0.3 is 23.8 Å². The lowest BCUT2D eigenvalue weighted by Gasteiger charge is -2.35. The van der Waals surface area contributed by atoms with Gasteiger partial charge >= 0.3 is 11.9 Å². The van der Waals surface area contributed by atoms with Crippen LogP contribution in [-0.2, 0) is 23.9 Å². The zero-order chi connectivity index (χ0) is 29.7. The van der Waals surface area contributed by atoms with E-state index in [0.29, 0.717) is 29.6 Å². The highest BCUT2D eigenvalue weighted by molar-refractivity contribution is 9.10. The van der Waals surface area contributed by atoms with Crippen LogP contribution >= 0.6 is 44.1 Å². The average molecular weight is 700 g/mol. The largest absolute Gasteiger partial charge is 0.484 e. The monoisotopic (exact) mass is 698 g/mol. The molecule has 9 nitrogen and oxygen atoms in total. The van der Waals surface area contributed by atoms with Gasteiger partial charge in [-0.25, -0.2) is 9.59 Å². The normalized spacial score (nSPS) is 15.4. The highest BCUT2D eigenvalue weighted by atomic mass is 79.9. The second-order valence-corrected chi connectivity index (χ2v) is 11.3. The van der Waals surface area contributed by atoms with E-state index in [-0.39, 0.29) is 25.1 Å². The second-order valence-electron chi connectivity index (χ2n) is 9.10. The van der Waals surface area contributed by atoms with Crippen LogP contribution in [0.5, 0.6) is 11.5 Å². The molecule has 216 valence electrons. The van der Waals surface area contributed by atoms with Crippen LogP contribution in [0.3, 0.4) is 0 Å². The Bertz CT molecular complexity index is 1220. The molecule has 0 aliphatic carbocycles. The van der Waals surface area contributed by atoms with E-state index in [9.17, 15) is 14.4 Å². The standard InChI is InChI=1S/C14H16BrNO4.C14H16BrNO3S/c1-4-19-14(18)9(3)16-11-6-10(15)8(2)5-12(11)20-7-13(16)17;1-4-18-14(17)9(3)16-11-6-10(15)8(2)5-12(11)19-7-13(16)20/h2*5-6,9H,4,7H2,1-3H3. The van der Waals surface area contributed by atoms with Crippen molar-refractivity contribution in [1.82, 2.24) is 0 Å². The number of ether oxygens (including phenoxy) is 4. The third-order valence-electron chi connectivity index (χ3n) is 6.27. The lowest BCUT2D eigenvalue weighted by Crippen LogP contribution is -2.48. The number of hydrogen-bond acceptors (Lipinski definition) is 8. The Morgan fingerprint density at radius 3 is 1.75 bits per heavy atom. The van der Waals surface area contributed by atoms with Crippen molar-refractivity contribution in [3.05, 3.63) is 44.3 Å². The Balaban J connectivity index is 0.000000220. The summed E-state index contributed by atoms with van der Waals surface area (Å²) in [5.41, 5.74) is 3.45. The minimum Gasteiger partial charge on any atom is -0.484 e. The number of fused-ring (bicyclic) bond motifs is 2. The molecule has 0 saturated heterocycles. The van der Waals surface area contributed by atoms with Crippen molar-refractivity contribution in [2.45, 2.75) is 53.6 Å². The van der Waals surface area contributed by atoms with Gasteiger partial charge in [0.05, 0.1) is 24.6 Å². The van der Waals surface area contributed by atoms with Crippen molar-refractivity contribution in [1.29, 1.82) is 0 Å². The maximum atomic E-state index is 12.1. The van der Waals surface area contributed by atoms with Crippen molar-refractivity contribution >= 4 is 78.3 Å². The molecule has 2 unspecified atom stereocenters. The number of rotatable bonds is 6. The molecule has 0 spiro atoms. The van der Waals surface area contributed by atoms with Crippen molar-refractivity contribution < 1.29 is 33.3 Å². The number of aryl methyl sites for hydroxylation is 2. The van der Waals surface area contributed by atoms with Gasteiger partial charge in [0.25, 0.3) is 5.91 Å². The first-order valence-corrected chi connectivity index (χ1v) is 14.7. The SMILES string of the molecule is CCOC(=O)C(C)N1C(=O)COc2cc(C)c(Br)cc21.CCOC(=O)C(C)N1C(=S)COc2cc(C)c(Br)cc21. The summed E-state index contributed by atoms with van der Waals surface area (Å²) in [5, 5.41) is 0. The zero-order valence-corrected chi connectivity index (χ0v) is 27.2. The number of nitrogens with zero attached hydrogens (tertiary/aromatic N) is 2. The summed E-state index contributed by atoms with van der Waals surface area (Å²) >= 11 is 12.3. The van der Waals surface area contributed by atoms with Gasteiger partial charge in [-0.1, -0.05) is 44.1 Å². The summed E-state index contributed by atoms with van der Waals surface area (Å²) in [6.45, 7) is 11.7. The van der Waals surface area contributed by atoms with Gasteiger partial charge in [0.15, 0.2) is 6.61 Å². The number of carbonyl (C=O) groups excluding carboxylic acids is 3. The van der Waals surface area contributed by atoms with Gasteiger partial charge in [-0.05, 0) is 76.9 Å². The molecule has 0 bridgehead atoms. The van der Waals surface area contributed by atoms with E-state index in [2.05, 4.69) is 31.9 Å². The molecule has 0 N–H and O–H groups in total. The number of amides is 1. The Morgan fingerprint density at radius 2 is 1.27 bits per heavy atom. The summed E-state index contributed by atoms with van der Waals surface area (Å²) in [5.74, 6) is 0.357. The van der Waals surface area contributed by atoms with Crippen LogP contribution in [0.2, 0.25) is 0 Å². The molecule has 1 amide bonds. The van der Waals surface area contributed by atoms with Crippen LogP contribution in [0.25, 0.3) is 0 Å².